The van der Waals surface area contributed by atoms with E-state index in [2.05, 4.69) is 5.32 Å². The molecular weight excluding hydrogens is 355 g/mol. The molecule has 142 valence electrons. The monoisotopic (exact) mass is 376 g/mol. The number of benzene rings is 3. The standard InChI is InChI=1S/C23H21FN2O2/c24-21-14-8-7-11-19(21)16-25-22(27)15-23(28)26(20-12-5-2-6-13-20)17-18-9-3-1-4-10-18/h1-14H,15-17H2,(H,25,27). The van der Waals surface area contributed by atoms with Crippen molar-refractivity contribution < 1.29 is 14.0 Å². The normalized spacial score (nSPS) is 10.3. The van der Waals surface area contributed by atoms with E-state index in [-0.39, 0.29) is 24.7 Å². The Bertz CT molecular complexity index is 930. The van der Waals surface area contributed by atoms with E-state index < -0.39 is 5.91 Å². The summed E-state index contributed by atoms with van der Waals surface area (Å²) in [7, 11) is 0. The second-order valence-corrected chi connectivity index (χ2v) is 6.35. The molecule has 3 rings (SSSR count). The highest BCUT2D eigenvalue weighted by molar-refractivity contribution is 6.04. The molecule has 28 heavy (non-hydrogen) atoms. The quantitative estimate of drug-likeness (QED) is 0.632. The van der Waals surface area contributed by atoms with Gasteiger partial charge in [-0.3, -0.25) is 9.59 Å². The summed E-state index contributed by atoms with van der Waals surface area (Å²) in [6, 6.07) is 25.0. The molecular formula is C23H21FN2O2. The molecule has 0 aromatic heterocycles. The fourth-order valence-corrected chi connectivity index (χ4v) is 2.83. The van der Waals surface area contributed by atoms with E-state index in [1.807, 2.05) is 60.7 Å². The van der Waals surface area contributed by atoms with E-state index in [1.165, 1.54) is 6.07 Å². The van der Waals surface area contributed by atoms with Crippen LogP contribution in [0.15, 0.2) is 84.9 Å². The second-order valence-electron chi connectivity index (χ2n) is 6.35. The Morgan fingerprint density at radius 2 is 1.43 bits per heavy atom. The molecule has 0 fully saturated rings. The number of para-hydroxylation sites is 1. The summed E-state index contributed by atoms with van der Waals surface area (Å²) >= 11 is 0. The molecule has 5 heteroatoms. The van der Waals surface area contributed by atoms with Crippen molar-refractivity contribution in [3.8, 4) is 0 Å². The van der Waals surface area contributed by atoms with Gasteiger partial charge in [0.05, 0.1) is 6.54 Å². The molecule has 0 heterocycles. The van der Waals surface area contributed by atoms with E-state index in [4.69, 9.17) is 0 Å². The minimum atomic E-state index is -0.442. The first-order valence-electron chi connectivity index (χ1n) is 9.03. The Hall–Kier alpha value is -3.47. The molecule has 0 atom stereocenters. The lowest BCUT2D eigenvalue weighted by Crippen LogP contribution is -2.35. The molecule has 0 aliphatic rings. The number of hydrogen-bond acceptors (Lipinski definition) is 2. The first kappa shape index (κ1) is 19.3. The van der Waals surface area contributed by atoms with E-state index in [0.717, 1.165) is 11.3 Å². The van der Waals surface area contributed by atoms with Crippen molar-refractivity contribution in [3.63, 3.8) is 0 Å². The summed E-state index contributed by atoms with van der Waals surface area (Å²) in [6.07, 6.45) is -0.309. The van der Waals surface area contributed by atoms with Gasteiger partial charge in [0, 0.05) is 17.8 Å². The highest BCUT2D eigenvalue weighted by atomic mass is 19.1. The van der Waals surface area contributed by atoms with Crippen LogP contribution >= 0.6 is 0 Å². The molecule has 0 aliphatic carbocycles. The predicted octanol–water partition coefficient (Wildman–Crippen LogP) is 4.07. The van der Waals surface area contributed by atoms with Crippen LogP contribution in [0.25, 0.3) is 0 Å². The fraction of sp³-hybridized carbons (Fsp3) is 0.130. The number of nitrogens with one attached hydrogen (secondary N) is 1. The number of carbonyl (C=O) groups is 2. The molecule has 3 aromatic rings. The minimum absolute atomic E-state index is 0.0445. The maximum Gasteiger partial charge on any atom is 0.236 e. The fourth-order valence-electron chi connectivity index (χ4n) is 2.83. The van der Waals surface area contributed by atoms with Crippen molar-refractivity contribution >= 4 is 17.5 Å². The summed E-state index contributed by atoms with van der Waals surface area (Å²) in [5, 5.41) is 2.61. The molecule has 0 saturated heterocycles. The summed E-state index contributed by atoms with van der Waals surface area (Å²) < 4.78 is 13.7. The lowest BCUT2D eigenvalue weighted by atomic mass is 10.1. The SMILES string of the molecule is O=C(CC(=O)N(Cc1ccccc1)c1ccccc1)NCc1ccccc1F. The topological polar surface area (TPSA) is 49.4 Å². The van der Waals surface area contributed by atoms with Gasteiger partial charge in [0.25, 0.3) is 0 Å². The number of hydrogen-bond donors (Lipinski definition) is 1. The van der Waals surface area contributed by atoms with Crippen molar-refractivity contribution in [2.24, 2.45) is 0 Å². The predicted molar refractivity (Wildman–Crippen MR) is 107 cm³/mol. The van der Waals surface area contributed by atoms with Gasteiger partial charge < -0.3 is 10.2 Å². The van der Waals surface area contributed by atoms with Crippen LogP contribution in [-0.4, -0.2) is 11.8 Å². The first-order chi connectivity index (χ1) is 13.6. The van der Waals surface area contributed by atoms with Gasteiger partial charge in [-0.1, -0.05) is 66.7 Å². The van der Waals surface area contributed by atoms with Crippen molar-refractivity contribution in [3.05, 3.63) is 102 Å². The molecule has 2 amide bonds. The van der Waals surface area contributed by atoms with Crippen LogP contribution < -0.4 is 10.2 Å². The summed E-state index contributed by atoms with van der Waals surface area (Å²) in [6.45, 7) is 0.410. The van der Waals surface area contributed by atoms with Crippen LogP contribution in [0.5, 0.6) is 0 Å². The molecule has 0 aliphatic heterocycles. The van der Waals surface area contributed by atoms with Crippen molar-refractivity contribution in [1.82, 2.24) is 5.32 Å². The van der Waals surface area contributed by atoms with Gasteiger partial charge in [-0.2, -0.15) is 0 Å². The maximum absolute atomic E-state index is 13.7. The molecule has 1 N–H and O–H groups in total. The molecule has 3 aromatic carbocycles. The molecule has 0 spiro atoms. The first-order valence-corrected chi connectivity index (χ1v) is 9.03. The number of halogens is 1. The third kappa shape index (κ3) is 5.27. The van der Waals surface area contributed by atoms with E-state index >= 15 is 0 Å². The Kier molecular flexibility index (Phi) is 6.52. The Morgan fingerprint density at radius 1 is 0.821 bits per heavy atom. The van der Waals surface area contributed by atoms with Crippen LogP contribution in [0.4, 0.5) is 10.1 Å². The molecule has 4 nitrogen and oxygen atoms in total. The summed E-state index contributed by atoms with van der Waals surface area (Å²) in [4.78, 5) is 26.7. The number of carbonyl (C=O) groups excluding carboxylic acids is 2. The van der Waals surface area contributed by atoms with Crippen molar-refractivity contribution in [2.75, 3.05) is 4.90 Å². The average molecular weight is 376 g/mol. The second kappa shape index (κ2) is 9.46. The maximum atomic E-state index is 13.7. The highest BCUT2D eigenvalue weighted by Gasteiger charge is 2.19. The van der Waals surface area contributed by atoms with Crippen LogP contribution in [0.2, 0.25) is 0 Å². The van der Waals surface area contributed by atoms with Crippen LogP contribution in [-0.2, 0) is 22.7 Å². The zero-order chi connectivity index (χ0) is 19.8. The summed E-state index contributed by atoms with van der Waals surface area (Å²) in [5.74, 6) is -1.15. The number of amides is 2. The molecule has 0 unspecified atom stereocenters. The van der Waals surface area contributed by atoms with E-state index in [9.17, 15) is 14.0 Å². The van der Waals surface area contributed by atoms with Crippen LogP contribution in [0, 0.1) is 5.82 Å². The molecule has 0 bridgehead atoms. The highest BCUT2D eigenvalue weighted by Crippen LogP contribution is 2.18. The van der Waals surface area contributed by atoms with E-state index in [0.29, 0.717) is 12.1 Å². The van der Waals surface area contributed by atoms with Crippen molar-refractivity contribution in [2.45, 2.75) is 19.5 Å². The number of rotatable bonds is 7. The lowest BCUT2D eigenvalue weighted by molar-refractivity contribution is -0.128. The Labute approximate surface area is 163 Å². The Morgan fingerprint density at radius 3 is 2.11 bits per heavy atom. The van der Waals surface area contributed by atoms with Gasteiger partial charge in [-0.15, -0.1) is 0 Å². The molecule has 0 radical (unpaired) electrons. The number of anilines is 1. The zero-order valence-corrected chi connectivity index (χ0v) is 15.3. The van der Waals surface area contributed by atoms with Gasteiger partial charge >= 0.3 is 0 Å². The average Bonchev–Trinajstić information content (AvgIpc) is 2.73. The van der Waals surface area contributed by atoms with Gasteiger partial charge in [0.2, 0.25) is 11.8 Å². The van der Waals surface area contributed by atoms with Crippen LogP contribution in [0.3, 0.4) is 0 Å². The number of nitrogens with zero attached hydrogens (tertiary/aromatic N) is 1. The largest absolute Gasteiger partial charge is 0.351 e. The summed E-state index contributed by atoms with van der Waals surface area (Å²) in [5.41, 5.74) is 2.07. The Balaban J connectivity index is 1.67. The van der Waals surface area contributed by atoms with Gasteiger partial charge in [0.1, 0.15) is 12.2 Å². The molecule has 0 saturated carbocycles. The van der Waals surface area contributed by atoms with Crippen molar-refractivity contribution in [1.29, 1.82) is 0 Å². The van der Waals surface area contributed by atoms with Gasteiger partial charge in [0.15, 0.2) is 0 Å². The zero-order valence-electron chi connectivity index (χ0n) is 15.3. The van der Waals surface area contributed by atoms with Crippen LogP contribution in [0.1, 0.15) is 17.5 Å². The van der Waals surface area contributed by atoms with Gasteiger partial charge in [-0.05, 0) is 23.8 Å². The smallest absolute Gasteiger partial charge is 0.236 e. The third-order valence-electron chi connectivity index (χ3n) is 4.30. The minimum Gasteiger partial charge on any atom is -0.351 e. The lowest BCUT2D eigenvalue weighted by Gasteiger charge is -2.23. The third-order valence-corrected chi connectivity index (χ3v) is 4.30. The van der Waals surface area contributed by atoms with Gasteiger partial charge in [-0.25, -0.2) is 4.39 Å². The van der Waals surface area contributed by atoms with E-state index in [1.54, 1.807) is 23.1 Å².